The van der Waals surface area contributed by atoms with Crippen LogP contribution >= 0.6 is 11.3 Å². The number of carbonyl (C=O) groups is 2. The van der Waals surface area contributed by atoms with Crippen LogP contribution in [0.5, 0.6) is 5.75 Å². The first-order chi connectivity index (χ1) is 11.6. The van der Waals surface area contributed by atoms with Crippen LogP contribution in [-0.2, 0) is 9.53 Å². The van der Waals surface area contributed by atoms with Crippen LogP contribution in [0.2, 0.25) is 0 Å². The molecule has 1 aliphatic heterocycles. The van der Waals surface area contributed by atoms with Gasteiger partial charge in [0.2, 0.25) is 0 Å². The third-order valence-corrected chi connectivity index (χ3v) is 4.58. The highest BCUT2D eigenvalue weighted by atomic mass is 32.1. The van der Waals surface area contributed by atoms with Crippen LogP contribution in [0.15, 0.2) is 41.1 Å². The summed E-state index contributed by atoms with van der Waals surface area (Å²) in [6.45, 7) is 0.197. The third-order valence-electron chi connectivity index (χ3n) is 3.90. The Balaban J connectivity index is 1.79. The zero-order valence-corrected chi connectivity index (χ0v) is 13.8. The fourth-order valence-corrected chi connectivity index (χ4v) is 3.37. The van der Waals surface area contributed by atoms with E-state index in [1.165, 1.54) is 35.5 Å². The van der Waals surface area contributed by atoms with Gasteiger partial charge in [-0.1, -0.05) is 12.1 Å². The quantitative estimate of drug-likeness (QED) is 0.797. The molecule has 2 heterocycles. The van der Waals surface area contributed by atoms with Crippen LogP contribution in [0.4, 0.5) is 4.39 Å². The van der Waals surface area contributed by atoms with Crippen molar-refractivity contribution in [2.45, 2.75) is 18.6 Å². The Hall–Kier alpha value is -2.41. The van der Waals surface area contributed by atoms with Gasteiger partial charge in [-0.3, -0.25) is 4.79 Å². The SMILES string of the molecule is COC(=O)[C@@H]1C[C@H](Oc2ccccc2F)CN1C(=O)c1ccsc1. The molecule has 2 aromatic rings. The summed E-state index contributed by atoms with van der Waals surface area (Å²) in [5.74, 6) is -1.13. The predicted octanol–water partition coefficient (Wildman–Crippen LogP) is 2.72. The molecule has 24 heavy (non-hydrogen) atoms. The Bertz CT molecular complexity index is 734. The molecule has 0 radical (unpaired) electrons. The Morgan fingerprint density at radius 2 is 2.08 bits per heavy atom. The molecular formula is C17H16FNO4S. The summed E-state index contributed by atoms with van der Waals surface area (Å²) in [5.41, 5.74) is 0.514. The molecule has 0 bridgehead atoms. The molecule has 1 aliphatic rings. The highest BCUT2D eigenvalue weighted by molar-refractivity contribution is 7.08. The molecule has 7 heteroatoms. The maximum atomic E-state index is 13.7. The van der Waals surface area contributed by atoms with E-state index >= 15 is 0 Å². The number of methoxy groups -OCH3 is 1. The number of hydrogen-bond donors (Lipinski definition) is 0. The van der Waals surface area contributed by atoms with E-state index < -0.39 is 23.9 Å². The van der Waals surface area contributed by atoms with Crippen LogP contribution in [0, 0.1) is 5.82 Å². The monoisotopic (exact) mass is 349 g/mol. The number of likely N-dealkylation sites (tertiary alicyclic amines) is 1. The minimum absolute atomic E-state index is 0.107. The maximum Gasteiger partial charge on any atom is 0.328 e. The van der Waals surface area contributed by atoms with Gasteiger partial charge in [-0.25, -0.2) is 9.18 Å². The van der Waals surface area contributed by atoms with Crippen LogP contribution in [0.3, 0.4) is 0 Å². The fraction of sp³-hybridized carbons (Fsp3) is 0.294. The fourth-order valence-electron chi connectivity index (χ4n) is 2.74. The van der Waals surface area contributed by atoms with Crippen molar-refractivity contribution in [1.29, 1.82) is 0 Å². The lowest BCUT2D eigenvalue weighted by Crippen LogP contribution is -2.41. The Morgan fingerprint density at radius 3 is 2.75 bits per heavy atom. The molecular weight excluding hydrogens is 333 g/mol. The molecule has 0 N–H and O–H groups in total. The van der Waals surface area contributed by atoms with Gasteiger partial charge in [-0.05, 0) is 23.6 Å². The van der Waals surface area contributed by atoms with Crippen molar-refractivity contribution in [2.75, 3.05) is 13.7 Å². The highest BCUT2D eigenvalue weighted by Crippen LogP contribution is 2.27. The molecule has 5 nitrogen and oxygen atoms in total. The summed E-state index contributed by atoms with van der Waals surface area (Å²) in [7, 11) is 1.28. The largest absolute Gasteiger partial charge is 0.485 e. The van der Waals surface area contributed by atoms with Crippen molar-refractivity contribution in [1.82, 2.24) is 4.90 Å². The normalized spacial score (nSPS) is 20.0. The first-order valence-electron chi connectivity index (χ1n) is 7.42. The Kier molecular flexibility index (Phi) is 4.80. The minimum atomic E-state index is -0.737. The summed E-state index contributed by atoms with van der Waals surface area (Å²) >= 11 is 1.40. The van der Waals surface area contributed by atoms with E-state index in [0.717, 1.165) is 0 Å². The van der Waals surface area contributed by atoms with E-state index in [-0.39, 0.29) is 24.6 Å². The minimum Gasteiger partial charge on any atom is -0.485 e. The molecule has 0 aliphatic carbocycles. The van der Waals surface area contributed by atoms with Gasteiger partial charge in [0.15, 0.2) is 11.6 Å². The lowest BCUT2D eigenvalue weighted by molar-refractivity contribution is -0.145. The van der Waals surface area contributed by atoms with Crippen molar-refractivity contribution in [2.24, 2.45) is 0 Å². The zero-order chi connectivity index (χ0) is 17.1. The first kappa shape index (κ1) is 16.4. The van der Waals surface area contributed by atoms with Gasteiger partial charge < -0.3 is 14.4 Å². The second-order valence-corrected chi connectivity index (χ2v) is 6.19. The predicted molar refractivity (Wildman–Crippen MR) is 86.6 cm³/mol. The van der Waals surface area contributed by atoms with Crippen molar-refractivity contribution >= 4 is 23.2 Å². The van der Waals surface area contributed by atoms with Crippen LogP contribution in [0.25, 0.3) is 0 Å². The lowest BCUT2D eigenvalue weighted by Gasteiger charge is -2.21. The number of thiophene rings is 1. The molecule has 2 atom stereocenters. The van der Waals surface area contributed by atoms with Crippen LogP contribution < -0.4 is 4.74 Å². The van der Waals surface area contributed by atoms with Crippen LogP contribution in [-0.4, -0.2) is 42.6 Å². The number of amides is 1. The number of carbonyl (C=O) groups excluding carboxylic acids is 2. The number of para-hydroxylation sites is 1. The van der Waals surface area contributed by atoms with E-state index in [1.807, 2.05) is 0 Å². The highest BCUT2D eigenvalue weighted by Gasteiger charge is 2.42. The van der Waals surface area contributed by atoms with Gasteiger partial charge in [0.25, 0.3) is 5.91 Å². The molecule has 1 amide bonds. The summed E-state index contributed by atoms with van der Waals surface area (Å²) < 4.78 is 24.2. The summed E-state index contributed by atoms with van der Waals surface area (Å²) in [6.07, 6.45) is -0.217. The second-order valence-electron chi connectivity index (χ2n) is 5.41. The van der Waals surface area contributed by atoms with Gasteiger partial charge in [0.1, 0.15) is 12.1 Å². The third kappa shape index (κ3) is 3.26. The molecule has 1 aromatic carbocycles. The molecule has 1 fully saturated rings. The van der Waals surface area contributed by atoms with E-state index in [1.54, 1.807) is 29.0 Å². The van der Waals surface area contributed by atoms with E-state index in [4.69, 9.17) is 9.47 Å². The number of nitrogens with zero attached hydrogens (tertiary/aromatic N) is 1. The molecule has 126 valence electrons. The standard InChI is InChI=1S/C17H16FNO4S/c1-22-17(21)14-8-12(23-15-5-3-2-4-13(15)18)9-19(14)16(20)11-6-7-24-10-11/h2-7,10,12,14H,8-9H2,1H3/t12-,14-/m0/s1. The average molecular weight is 349 g/mol. The van der Waals surface area contributed by atoms with Crippen molar-refractivity contribution in [3.8, 4) is 5.75 Å². The first-order valence-corrected chi connectivity index (χ1v) is 8.36. The van der Waals surface area contributed by atoms with Crippen LogP contribution in [0.1, 0.15) is 16.8 Å². The summed E-state index contributed by atoms with van der Waals surface area (Å²) in [4.78, 5) is 26.0. The zero-order valence-electron chi connectivity index (χ0n) is 13.0. The summed E-state index contributed by atoms with van der Waals surface area (Å²) in [6, 6.07) is 7.02. The van der Waals surface area contributed by atoms with E-state index in [2.05, 4.69) is 0 Å². The molecule has 0 spiro atoms. The smallest absolute Gasteiger partial charge is 0.328 e. The maximum absolute atomic E-state index is 13.7. The Morgan fingerprint density at radius 1 is 1.29 bits per heavy atom. The summed E-state index contributed by atoms with van der Waals surface area (Å²) in [5, 5.41) is 3.52. The van der Waals surface area contributed by atoms with Gasteiger partial charge in [0.05, 0.1) is 19.2 Å². The average Bonchev–Trinajstić information content (AvgIpc) is 3.25. The van der Waals surface area contributed by atoms with E-state index in [0.29, 0.717) is 5.56 Å². The molecule has 1 aromatic heterocycles. The lowest BCUT2D eigenvalue weighted by atomic mass is 10.2. The molecule has 1 saturated heterocycles. The van der Waals surface area contributed by atoms with Crippen molar-refractivity contribution in [3.05, 3.63) is 52.5 Å². The van der Waals surface area contributed by atoms with Gasteiger partial charge in [-0.15, -0.1) is 0 Å². The molecule has 0 unspecified atom stereocenters. The second kappa shape index (κ2) is 7.00. The van der Waals surface area contributed by atoms with Gasteiger partial charge in [-0.2, -0.15) is 11.3 Å². The number of esters is 1. The van der Waals surface area contributed by atoms with Crippen molar-refractivity contribution in [3.63, 3.8) is 0 Å². The van der Waals surface area contributed by atoms with E-state index in [9.17, 15) is 14.0 Å². The van der Waals surface area contributed by atoms with Gasteiger partial charge >= 0.3 is 5.97 Å². The number of ether oxygens (including phenoxy) is 2. The molecule has 0 saturated carbocycles. The number of hydrogen-bond acceptors (Lipinski definition) is 5. The topological polar surface area (TPSA) is 55.8 Å². The van der Waals surface area contributed by atoms with Gasteiger partial charge in [0, 0.05) is 11.8 Å². The number of halogens is 1. The molecule has 3 rings (SSSR count). The van der Waals surface area contributed by atoms with Crippen molar-refractivity contribution < 1.29 is 23.5 Å². The Labute approximate surface area is 142 Å². The number of rotatable bonds is 4. The number of benzene rings is 1.